The maximum absolute atomic E-state index is 10.7. The second kappa shape index (κ2) is 6.52. The standard InChI is InChI=1S/C14H18O4/c1-11(15)16-10-13-7-8-14(18-13)17-9-12-5-3-2-4-6-12/h2-6,13-14H,7-10H2,1H3/t13-,14+/m0/s1. The molecule has 1 aromatic rings. The van der Waals surface area contributed by atoms with Gasteiger partial charge in [-0.05, 0) is 12.0 Å². The van der Waals surface area contributed by atoms with Gasteiger partial charge in [0.25, 0.3) is 0 Å². The molecule has 1 aliphatic heterocycles. The minimum Gasteiger partial charge on any atom is -0.463 e. The zero-order valence-electron chi connectivity index (χ0n) is 10.5. The zero-order valence-corrected chi connectivity index (χ0v) is 10.5. The minimum absolute atomic E-state index is 0.0327. The van der Waals surface area contributed by atoms with Gasteiger partial charge in [0.2, 0.25) is 0 Å². The van der Waals surface area contributed by atoms with Gasteiger partial charge >= 0.3 is 5.97 Å². The molecule has 0 unspecified atom stereocenters. The Morgan fingerprint density at radius 1 is 1.33 bits per heavy atom. The van der Waals surface area contributed by atoms with E-state index in [2.05, 4.69) is 0 Å². The second-order valence-electron chi connectivity index (χ2n) is 4.36. The first-order chi connectivity index (χ1) is 8.74. The van der Waals surface area contributed by atoms with Crippen LogP contribution in [0.3, 0.4) is 0 Å². The molecule has 0 bridgehead atoms. The zero-order chi connectivity index (χ0) is 12.8. The molecule has 0 aliphatic carbocycles. The van der Waals surface area contributed by atoms with Crippen molar-refractivity contribution in [1.29, 1.82) is 0 Å². The lowest BCUT2D eigenvalue weighted by atomic mass is 10.2. The van der Waals surface area contributed by atoms with Crippen LogP contribution < -0.4 is 0 Å². The maximum atomic E-state index is 10.7. The van der Waals surface area contributed by atoms with Gasteiger partial charge < -0.3 is 14.2 Å². The fourth-order valence-corrected chi connectivity index (χ4v) is 1.89. The highest BCUT2D eigenvalue weighted by Gasteiger charge is 2.26. The van der Waals surface area contributed by atoms with E-state index in [0.29, 0.717) is 13.2 Å². The van der Waals surface area contributed by atoms with E-state index in [1.165, 1.54) is 6.92 Å². The summed E-state index contributed by atoms with van der Waals surface area (Å²) in [7, 11) is 0. The van der Waals surface area contributed by atoms with Gasteiger partial charge in [-0.25, -0.2) is 0 Å². The number of rotatable bonds is 5. The number of esters is 1. The van der Waals surface area contributed by atoms with Crippen LogP contribution >= 0.6 is 0 Å². The molecule has 0 spiro atoms. The Kier molecular flexibility index (Phi) is 4.73. The van der Waals surface area contributed by atoms with E-state index in [1.54, 1.807) is 0 Å². The molecule has 4 heteroatoms. The Morgan fingerprint density at radius 3 is 2.83 bits per heavy atom. The minimum atomic E-state index is -0.271. The maximum Gasteiger partial charge on any atom is 0.302 e. The van der Waals surface area contributed by atoms with Crippen LogP contribution in [-0.2, 0) is 25.6 Å². The topological polar surface area (TPSA) is 44.8 Å². The number of benzene rings is 1. The van der Waals surface area contributed by atoms with E-state index in [1.807, 2.05) is 30.3 Å². The Hall–Kier alpha value is -1.39. The summed E-state index contributed by atoms with van der Waals surface area (Å²) < 4.78 is 16.2. The van der Waals surface area contributed by atoms with E-state index in [0.717, 1.165) is 18.4 Å². The molecule has 0 aromatic heterocycles. The summed E-state index contributed by atoms with van der Waals surface area (Å²) >= 11 is 0. The van der Waals surface area contributed by atoms with Gasteiger partial charge in [-0.2, -0.15) is 0 Å². The van der Waals surface area contributed by atoms with Crippen molar-refractivity contribution in [1.82, 2.24) is 0 Å². The fourth-order valence-electron chi connectivity index (χ4n) is 1.89. The van der Waals surface area contributed by atoms with Crippen LogP contribution in [0.5, 0.6) is 0 Å². The molecule has 1 fully saturated rings. The van der Waals surface area contributed by atoms with Crippen LogP contribution in [0.1, 0.15) is 25.3 Å². The van der Waals surface area contributed by atoms with E-state index in [-0.39, 0.29) is 18.4 Å². The molecule has 2 rings (SSSR count). The quantitative estimate of drug-likeness (QED) is 0.752. The van der Waals surface area contributed by atoms with Gasteiger partial charge in [0, 0.05) is 13.3 Å². The number of ether oxygens (including phenoxy) is 3. The van der Waals surface area contributed by atoms with Crippen LogP contribution in [0.15, 0.2) is 30.3 Å². The molecule has 0 amide bonds. The van der Waals surface area contributed by atoms with E-state index in [9.17, 15) is 4.79 Å². The Morgan fingerprint density at radius 2 is 2.11 bits per heavy atom. The summed E-state index contributed by atoms with van der Waals surface area (Å²) in [6, 6.07) is 9.98. The summed E-state index contributed by atoms with van der Waals surface area (Å²) in [6.07, 6.45) is 1.49. The molecule has 0 radical (unpaired) electrons. The van der Waals surface area contributed by atoms with Crippen molar-refractivity contribution in [3.8, 4) is 0 Å². The Balaban J connectivity index is 1.68. The van der Waals surface area contributed by atoms with Crippen LogP contribution in [0.25, 0.3) is 0 Å². The van der Waals surface area contributed by atoms with Gasteiger partial charge in [-0.1, -0.05) is 30.3 Å². The average molecular weight is 250 g/mol. The van der Waals surface area contributed by atoms with Crippen molar-refractivity contribution < 1.29 is 19.0 Å². The fraction of sp³-hybridized carbons (Fsp3) is 0.500. The molecule has 18 heavy (non-hydrogen) atoms. The molecular weight excluding hydrogens is 232 g/mol. The average Bonchev–Trinajstić information content (AvgIpc) is 2.83. The predicted molar refractivity (Wildman–Crippen MR) is 65.8 cm³/mol. The summed E-state index contributed by atoms with van der Waals surface area (Å²) in [5, 5.41) is 0. The van der Waals surface area contributed by atoms with Crippen molar-refractivity contribution in [2.75, 3.05) is 6.61 Å². The van der Waals surface area contributed by atoms with Crippen molar-refractivity contribution in [2.24, 2.45) is 0 Å². The van der Waals surface area contributed by atoms with Gasteiger partial charge in [0.05, 0.1) is 12.7 Å². The number of hydrogen-bond acceptors (Lipinski definition) is 4. The van der Waals surface area contributed by atoms with Gasteiger partial charge in [-0.3, -0.25) is 4.79 Å². The first kappa shape index (κ1) is 13.1. The van der Waals surface area contributed by atoms with E-state index >= 15 is 0 Å². The third kappa shape index (κ3) is 4.13. The molecule has 98 valence electrons. The highest BCUT2D eigenvalue weighted by molar-refractivity contribution is 5.65. The summed E-state index contributed by atoms with van der Waals surface area (Å²) in [6.45, 7) is 2.27. The molecule has 1 aromatic carbocycles. The van der Waals surface area contributed by atoms with E-state index in [4.69, 9.17) is 14.2 Å². The molecule has 4 nitrogen and oxygen atoms in total. The normalized spacial score (nSPS) is 22.9. The van der Waals surface area contributed by atoms with Crippen molar-refractivity contribution in [2.45, 2.75) is 38.8 Å². The molecule has 0 saturated carbocycles. The van der Waals surface area contributed by atoms with Gasteiger partial charge in [-0.15, -0.1) is 0 Å². The molecule has 0 N–H and O–H groups in total. The van der Waals surface area contributed by atoms with Crippen LogP contribution in [-0.4, -0.2) is 25.0 Å². The second-order valence-corrected chi connectivity index (χ2v) is 4.36. The Labute approximate surface area is 107 Å². The molecule has 1 saturated heterocycles. The highest BCUT2D eigenvalue weighted by Crippen LogP contribution is 2.21. The monoisotopic (exact) mass is 250 g/mol. The smallest absolute Gasteiger partial charge is 0.302 e. The van der Waals surface area contributed by atoms with Crippen LogP contribution in [0.2, 0.25) is 0 Å². The number of carbonyl (C=O) groups excluding carboxylic acids is 1. The summed E-state index contributed by atoms with van der Waals surface area (Å²) in [4.78, 5) is 10.7. The van der Waals surface area contributed by atoms with Crippen molar-refractivity contribution in [3.63, 3.8) is 0 Å². The van der Waals surface area contributed by atoms with Gasteiger partial charge in [0.1, 0.15) is 6.61 Å². The first-order valence-corrected chi connectivity index (χ1v) is 6.18. The third-order valence-electron chi connectivity index (χ3n) is 2.82. The predicted octanol–water partition coefficient (Wildman–Crippen LogP) is 2.27. The van der Waals surface area contributed by atoms with Crippen molar-refractivity contribution in [3.05, 3.63) is 35.9 Å². The molecule has 2 atom stereocenters. The molecule has 1 aliphatic rings. The van der Waals surface area contributed by atoms with E-state index < -0.39 is 0 Å². The first-order valence-electron chi connectivity index (χ1n) is 6.18. The summed E-state index contributed by atoms with van der Waals surface area (Å²) in [5.74, 6) is -0.271. The Bertz CT molecular complexity index is 377. The lowest BCUT2D eigenvalue weighted by Crippen LogP contribution is -2.19. The lowest BCUT2D eigenvalue weighted by molar-refractivity contribution is -0.161. The molecule has 1 heterocycles. The van der Waals surface area contributed by atoms with Crippen LogP contribution in [0.4, 0.5) is 0 Å². The van der Waals surface area contributed by atoms with Crippen LogP contribution in [0, 0.1) is 0 Å². The summed E-state index contributed by atoms with van der Waals surface area (Å²) in [5.41, 5.74) is 1.13. The van der Waals surface area contributed by atoms with Crippen molar-refractivity contribution >= 4 is 5.97 Å². The largest absolute Gasteiger partial charge is 0.463 e. The third-order valence-corrected chi connectivity index (χ3v) is 2.82. The lowest BCUT2D eigenvalue weighted by Gasteiger charge is -2.14. The highest BCUT2D eigenvalue weighted by atomic mass is 16.7. The SMILES string of the molecule is CC(=O)OC[C@@H]1CC[C@H](OCc2ccccc2)O1. The number of carbonyl (C=O) groups is 1. The van der Waals surface area contributed by atoms with Gasteiger partial charge in [0.15, 0.2) is 6.29 Å². The number of hydrogen-bond donors (Lipinski definition) is 0. The molecular formula is C14H18O4.